The van der Waals surface area contributed by atoms with Crippen LogP contribution < -0.4 is 16.6 Å². The summed E-state index contributed by atoms with van der Waals surface area (Å²) in [5, 5.41) is 3.66. The van der Waals surface area contributed by atoms with Crippen LogP contribution in [0.25, 0.3) is 0 Å². The average Bonchev–Trinajstić information content (AvgIpc) is 2.37. The van der Waals surface area contributed by atoms with Crippen molar-refractivity contribution in [3.63, 3.8) is 0 Å². The molecule has 1 aromatic rings. The molecule has 0 spiro atoms. The topological polar surface area (TPSA) is 71.7 Å². The van der Waals surface area contributed by atoms with Crippen LogP contribution in [0.2, 0.25) is 5.02 Å². The van der Waals surface area contributed by atoms with Crippen LogP contribution in [0.15, 0.2) is 27.7 Å². The fourth-order valence-corrected chi connectivity index (χ4v) is 1.66. The molecular formula is C11H16BrClN4O. The van der Waals surface area contributed by atoms with Gasteiger partial charge in [-0.3, -0.25) is 10.4 Å². The first-order chi connectivity index (χ1) is 8.67. The third-order valence-corrected chi connectivity index (χ3v) is 3.33. The summed E-state index contributed by atoms with van der Waals surface area (Å²) in [4.78, 5) is 4.26. The SMILES string of the molecule is COCCCN=C(NN)Nc1ccc(Br)c(Cl)c1. The summed E-state index contributed by atoms with van der Waals surface area (Å²) in [6.07, 6.45) is 0.838. The zero-order chi connectivity index (χ0) is 13.4. The highest BCUT2D eigenvalue weighted by atomic mass is 79.9. The van der Waals surface area contributed by atoms with Crippen molar-refractivity contribution in [3.8, 4) is 0 Å². The summed E-state index contributed by atoms with van der Waals surface area (Å²) in [6.45, 7) is 1.30. The van der Waals surface area contributed by atoms with Crippen molar-refractivity contribution in [2.75, 3.05) is 25.6 Å². The number of hydrogen-bond acceptors (Lipinski definition) is 3. The summed E-state index contributed by atoms with van der Waals surface area (Å²) < 4.78 is 5.78. The van der Waals surface area contributed by atoms with Crippen molar-refractivity contribution in [3.05, 3.63) is 27.7 Å². The molecule has 0 amide bonds. The zero-order valence-corrected chi connectivity index (χ0v) is 12.4. The smallest absolute Gasteiger partial charge is 0.210 e. The fraction of sp³-hybridized carbons (Fsp3) is 0.364. The van der Waals surface area contributed by atoms with E-state index >= 15 is 0 Å². The molecule has 0 saturated carbocycles. The molecule has 0 aromatic heterocycles. The average molecular weight is 336 g/mol. The molecule has 0 aliphatic carbocycles. The Labute approximate surface area is 120 Å². The Balaban J connectivity index is 2.58. The molecule has 100 valence electrons. The molecule has 0 saturated heterocycles. The van der Waals surface area contributed by atoms with Crippen molar-refractivity contribution in [1.82, 2.24) is 5.43 Å². The predicted octanol–water partition coefficient (Wildman–Crippen LogP) is 2.37. The van der Waals surface area contributed by atoms with Crippen LogP contribution in [-0.2, 0) is 4.74 Å². The molecule has 0 heterocycles. The molecular weight excluding hydrogens is 320 g/mol. The van der Waals surface area contributed by atoms with Crippen LogP contribution in [0.1, 0.15) is 6.42 Å². The van der Waals surface area contributed by atoms with Gasteiger partial charge in [0.25, 0.3) is 0 Å². The Morgan fingerprint density at radius 1 is 1.56 bits per heavy atom. The number of nitrogens with two attached hydrogens (primary N) is 1. The van der Waals surface area contributed by atoms with Gasteiger partial charge in [0.05, 0.1) is 5.02 Å². The van der Waals surface area contributed by atoms with Gasteiger partial charge in [-0.05, 0) is 40.5 Å². The van der Waals surface area contributed by atoms with E-state index in [-0.39, 0.29) is 0 Å². The first-order valence-electron chi connectivity index (χ1n) is 5.39. The third-order valence-electron chi connectivity index (χ3n) is 2.10. The van der Waals surface area contributed by atoms with E-state index in [1.54, 1.807) is 13.2 Å². The molecule has 7 heteroatoms. The van der Waals surface area contributed by atoms with Gasteiger partial charge in [0, 0.05) is 30.4 Å². The number of methoxy groups -OCH3 is 1. The highest BCUT2D eigenvalue weighted by Gasteiger charge is 2.01. The molecule has 0 aliphatic heterocycles. The van der Waals surface area contributed by atoms with Crippen LogP contribution in [0.3, 0.4) is 0 Å². The molecule has 4 N–H and O–H groups in total. The van der Waals surface area contributed by atoms with E-state index in [4.69, 9.17) is 22.2 Å². The largest absolute Gasteiger partial charge is 0.385 e. The summed E-state index contributed by atoms with van der Waals surface area (Å²) >= 11 is 9.32. The molecule has 0 radical (unpaired) electrons. The second-order valence-electron chi connectivity index (χ2n) is 3.47. The van der Waals surface area contributed by atoms with Gasteiger partial charge in [0.2, 0.25) is 5.96 Å². The number of nitrogens with zero attached hydrogens (tertiary/aromatic N) is 1. The number of ether oxygens (including phenoxy) is 1. The number of benzene rings is 1. The Bertz CT molecular complexity index is 414. The van der Waals surface area contributed by atoms with E-state index in [1.807, 2.05) is 12.1 Å². The van der Waals surface area contributed by atoms with Gasteiger partial charge in [-0.1, -0.05) is 11.6 Å². The van der Waals surface area contributed by atoms with E-state index in [9.17, 15) is 0 Å². The minimum Gasteiger partial charge on any atom is -0.385 e. The number of nitrogens with one attached hydrogen (secondary N) is 2. The molecule has 0 aliphatic rings. The highest BCUT2D eigenvalue weighted by molar-refractivity contribution is 9.10. The maximum atomic E-state index is 5.99. The minimum absolute atomic E-state index is 0.490. The van der Waals surface area contributed by atoms with Crippen molar-refractivity contribution >= 4 is 39.2 Å². The van der Waals surface area contributed by atoms with Crippen molar-refractivity contribution < 1.29 is 4.74 Å². The van der Waals surface area contributed by atoms with Gasteiger partial charge >= 0.3 is 0 Å². The van der Waals surface area contributed by atoms with Gasteiger partial charge in [-0.2, -0.15) is 0 Å². The van der Waals surface area contributed by atoms with Crippen molar-refractivity contribution in [2.24, 2.45) is 10.8 Å². The summed E-state index contributed by atoms with van der Waals surface area (Å²) in [5.74, 6) is 5.88. The Morgan fingerprint density at radius 2 is 2.33 bits per heavy atom. The first-order valence-corrected chi connectivity index (χ1v) is 6.56. The van der Waals surface area contributed by atoms with Crippen LogP contribution >= 0.6 is 27.5 Å². The lowest BCUT2D eigenvalue weighted by Crippen LogP contribution is -2.36. The van der Waals surface area contributed by atoms with E-state index < -0.39 is 0 Å². The molecule has 1 rings (SSSR count). The number of aliphatic imine (C=N–C) groups is 1. The standard InChI is InChI=1S/C11H16BrClN4O/c1-18-6-2-5-15-11(17-14)16-8-3-4-9(12)10(13)7-8/h3-4,7H,2,5-6,14H2,1H3,(H2,15,16,17). The molecule has 0 fully saturated rings. The highest BCUT2D eigenvalue weighted by Crippen LogP contribution is 2.25. The molecule has 0 atom stereocenters. The van der Waals surface area contributed by atoms with Crippen molar-refractivity contribution in [2.45, 2.75) is 6.42 Å². The van der Waals surface area contributed by atoms with E-state index in [0.717, 1.165) is 16.6 Å². The number of hydrazine groups is 1. The number of anilines is 1. The first kappa shape index (κ1) is 15.2. The van der Waals surface area contributed by atoms with Crippen molar-refractivity contribution in [1.29, 1.82) is 0 Å². The quantitative estimate of drug-likeness (QED) is 0.254. The lowest BCUT2D eigenvalue weighted by atomic mass is 10.3. The Morgan fingerprint density at radius 3 is 2.94 bits per heavy atom. The van der Waals surface area contributed by atoms with Gasteiger partial charge in [-0.15, -0.1) is 0 Å². The minimum atomic E-state index is 0.490. The Kier molecular flexibility index (Phi) is 7.04. The number of guanidine groups is 1. The lowest BCUT2D eigenvalue weighted by molar-refractivity contribution is 0.197. The second-order valence-corrected chi connectivity index (χ2v) is 4.74. The molecule has 1 aromatic carbocycles. The van der Waals surface area contributed by atoms with Gasteiger partial charge < -0.3 is 10.1 Å². The maximum absolute atomic E-state index is 5.99. The van der Waals surface area contributed by atoms with Crippen LogP contribution in [0, 0.1) is 0 Å². The van der Waals surface area contributed by atoms with E-state index in [1.165, 1.54) is 0 Å². The van der Waals surface area contributed by atoms with E-state index in [2.05, 4.69) is 31.7 Å². The van der Waals surface area contributed by atoms with Gasteiger partial charge in [-0.25, -0.2) is 5.84 Å². The number of rotatable bonds is 5. The fourth-order valence-electron chi connectivity index (χ4n) is 1.23. The maximum Gasteiger partial charge on any atom is 0.210 e. The number of halogens is 2. The van der Waals surface area contributed by atoms with E-state index in [0.29, 0.717) is 24.1 Å². The lowest BCUT2D eigenvalue weighted by Gasteiger charge is -2.10. The summed E-state index contributed by atoms with van der Waals surface area (Å²) in [6, 6.07) is 5.51. The van der Waals surface area contributed by atoms with Crippen LogP contribution in [0.5, 0.6) is 0 Å². The predicted molar refractivity (Wildman–Crippen MR) is 78.9 cm³/mol. The van der Waals surface area contributed by atoms with Gasteiger partial charge in [0.15, 0.2) is 0 Å². The van der Waals surface area contributed by atoms with Crippen LogP contribution in [-0.4, -0.2) is 26.2 Å². The molecule has 5 nitrogen and oxygen atoms in total. The third kappa shape index (κ3) is 5.22. The second kappa shape index (κ2) is 8.31. The number of hydrogen-bond donors (Lipinski definition) is 3. The Hall–Kier alpha value is -0.820. The molecule has 0 unspecified atom stereocenters. The summed E-state index contributed by atoms with van der Waals surface area (Å²) in [5.41, 5.74) is 3.32. The molecule has 18 heavy (non-hydrogen) atoms. The summed E-state index contributed by atoms with van der Waals surface area (Å²) in [7, 11) is 1.66. The van der Waals surface area contributed by atoms with Gasteiger partial charge in [0.1, 0.15) is 0 Å². The molecule has 0 bridgehead atoms. The zero-order valence-electron chi connectivity index (χ0n) is 10.0. The monoisotopic (exact) mass is 334 g/mol. The van der Waals surface area contributed by atoms with Crippen LogP contribution in [0.4, 0.5) is 5.69 Å². The normalized spacial score (nSPS) is 11.4.